The molecule has 0 saturated heterocycles. The molecule has 1 aliphatic rings. The lowest BCUT2D eigenvalue weighted by atomic mass is 9.87. The van der Waals surface area contributed by atoms with Crippen LogP contribution in [0.15, 0.2) is 111 Å². The number of alkyl halides is 11. The molecule has 0 aliphatic heterocycles. The molecule has 1 saturated carbocycles. The molecule has 0 unspecified atom stereocenters. The zero-order valence-electron chi connectivity index (χ0n) is 61.1. The SMILES string of the molecule is CC(C)(Nc1ccnc(-c2c[nH]c3ncc(Cl)cc23)n1)C(=O)NCC(F)F.CC(C)[C@@](C)(Nc1ccnc(-c2c[nH]c3ncc(Cl)cc23)n1)C(=O)NCC(F)(F)F.CC[C@@H](Nc1ncnc(-c2c[nH]c3ncc(Cl)cc23)n1)C(=O)NCC(F)(F)F.O=C(NCC(F)(F)F)C1(Nc2ncnc(-c3c[nH]c4ncc(Cl)cc34)n2)CCCC1.[HH].[HH].[HH].[HH].[HH].[HH].[HH].[HH].[HH].[HH]. The van der Waals surface area contributed by atoms with Crippen LogP contribution in [0.25, 0.3) is 89.7 Å². The van der Waals surface area contributed by atoms with Crippen LogP contribution in [0, 0.1) is 5.92 Å². The van der Waals surface area contributed by atoms with E-state index in [-0.39, 0.29) is 38.5 Å². The van der Waals surface area contributed by atoms with Gasteiger partial charge < -0.3 is 62.5 Å². The largest absolute Gasteiger partial charge is 0.405 e. The summed E-state index contributed by atoms with van der Waals surface area (Å²) in [5.41, 5.74) is 1.36. The predicted octanol–water partition coefficient (Wildman–Crippen LogP) is 16.3. The van der Waals surface area contributed by atoms with Crippen molar-refractivity contribution >= 4 is 138 Å². The number of fused-ring (bicyclic) bond motifs is 4. The van der Waals surface area contributed by atoms with Crippen LogP contribution in [0.4, 0.5) is 71.8 Å². The third-order valence-electron chi connectivity index (χ3n) is 17.5. The van der Waals surface area contributed by atoms with Crippen molar-refractivity contribution in [1.82, 2.24) is 111 Å². The number of anilines is 4. The number of aromatic amines is 4. The first-order chi connectivity index (χ1) is 54.3. The number of nitrogens with one attached hydrogen (secondary N) is 12. The molecule has 12 aromatic heterocycles. The van der Waals surface area contributed by atoms with E-state index < -0.39 is 97.4 Å². The van der Waals surface area contributed by atoms with E-state index in [4.69, 9.17) is 46.4 Å². The lowest BCUT2D eigenvalue weighted by Gasteiger charge is -2.34. The Labute approximate surface area is 679 Å². The fourth-order valence-corrected chi connectivity index (χ4v) is 12.0. The zero-order chi connectivity index (χ0) is 83.4. The minimum atomic E-state index is -4.50. The molecule has 30 nitrogen and oxygen atoms in total. The van der Waals surface area contributed by atoms with Gasteiger partial charge in [-0.1, -0.05) is 80.0 Å². The van der Waals surface area contributed by atoms with E-state index in [1.54, 1.807) is 95.8 Å². The number of rotatable bonds is 23. The van der Waals surface area contributed by atoms with E-state index in [1.165, 1.54) is 56.8 Å². The van der Waals surface area contributed by atoms with E-state index in [1.807, 2.05) is 16.0 Å². The maximum atomic E-state index is 12.6. The van der Waals surface area contributed by atoms with Gasteiger partial charge in [-0.3, -0.25) is 19.2 Å². The highest BCUT2D eigenvalue weighted by molar-refractivity contribution is 6.32. The molecule has 12 heterocycles. The number of H-pyrrole nitrogens is 4. The van der Waals surface area contributed by atoms with Crippen molar-refractivity contribution < 1.29 is 81.7 Å². The van der Waals surface area contributed by atoms with Crippen LogP contribution in [0.2, 0.25) is 20.1 Å². The molecule has 4 amide bonds. The molecule has 1 fully saturated rings. The number of pyridine rings is 4. The lowest BCUT2D eigenvalue weighted by molar-refractivity contribution is -0.141. The van der Waals surface area contributed by atoms with Crippen LogP contribution in [0.1, 0.15) is 87.9 Å². The monoisotopic (exact) mass is 1710 g/mol. The van der Waals surface area contributed by atoms with Crippen molar-refractivity contribution in [2.45, 2.75) is 121 Å². The Morgan fingerprint density at radius 3 is 1.30 bits per heavy atom. The second-order valence-electron chi connectivity index (χ2n) is 26.6. The topological polar surface area (TPSA) is 408 Å². The van der Waals surface area contributed by atoms with E-state index in [2.05, 4.69) is 116 Å². The molecule has 12 aromatic rings. The summed E-state index contributed by atoms with van der Waals surface area (Å²) < 4.78 is 137. The fraction of sp³-hybridized carbons (Fsp3) is 0.343. The highest BCUT2D eigenvalue weighted by atomic mass is 35.5. The Kier molecular flexibility index (Phi) is 27.1. The highest BCUT2D eigenvalue weighted by Gasteiger charge is 2.44. The molecule has 628 valence electrons. The van der Waals surface area contributed by atoms with Gasteiger partial charge in [0.05, 0.1) is 26.6 Å². The van der Waals surface area contributed by atoms with Gasteiger partial charge in [-0.2, -0.15) is 49.5 Å². The van der Waals surface area contributed by atoms with Crippen molar-refractivity contribution in [3.63, 3.8) is 0 Å². The Balaban J connectivity index is 0.00000160. The minimum Gasteiger partial charge on any atom is -0.356 e. The van der Waals surface area contributed by atoms with Gasteiger partial charge in [0.25, 0.3) is 6.43 Å². The first kappa shape index (κ1) is 85.8. The standard InChI is InChI=1S/C19H20ClF3N6O.C18H17ClF3N7O.C17H17ClF2N6O.C16H15ClF3N7O.10H2/c1-10(2)18(3,17(30)27-9-19(21,22)23)29-14-4-5-24-16(28-14)13-8-26-15-12(13)6-11(20)7-25-15;19-10-5-11-12(7-24-13(11)23-6-10)14-26-9-27-16(28-14)29-17(3-1-2-4-17)15(30)25-8-18(20,21)22;1-17(2,16(27)24-8-12(19)20)26-13-3-4-21-15(25-13)11-7-23-14-10(11)5-9(18)6-22-14;1-2-11(14(28)23-6-16(18,19)20)26-15-25-7-24-13(27-15)10-5-22-12-9(10)3-8(17)4-21-12;;;;;;;;;;/h4-8,10H,9H2,1-3H3,(H,25,26)(H,27,30)(H,24,28,29);5-7,9H,1-4,8H2,(H,23,24)(H,25,30)(H,26,27,28,29);3-7,12H,8H2,1-2H3,(H,22,23)(H,24,27)(H,21,25,26);3-5,7,11H,2,6H2,1H3,(H,21,22)(H,23,28)(H,24,25,26,27);10*1H/t18-;;;11-;;;;;;;;;;/m1..1........../s1. The molecule has 0 aromatic carbocycles. The van der Waals surface area contributed by atoms with Gasteiger partial charge in [-0.25, -0.2) is 68.6 Å². The summed E-state index contributed by atoms with van der Waals surface area (Å²) in [5.74, 6) is -1.01. The predicted molar refractivity (Wildman–Crippen MR) is 429 cm³/mol. The summed E-state index contributed by atoms with van der Waals surface area (Å²) >= 11 is 24.1. The second kappa shape index (κ2) is 36.3. The van der Waals surface area contributed by atoms with Gasteiger partial charge in [-0.15, -0.1) is 0 Å². The van der Waals surface area contributed by atoms with Crippen LogP contribution in [0.3, 0.4) is 0 Å². The molecular formula is C70H89Cl4F11N26O4. The first-order valence-electron chi connectivity index (χ1n) is 34.6. The molecular weight excluding hydrogens is 1620 g/mol. The zero-order valence-corrected chi connectivity index (χ0v) is 64.1. The number of halogens is 15. The summed E-state index contributed by atoms with van der Waals surface area (Å²) in [6, 6.07) is 9.09. The maximum Gasteiger partial charge on any atom is 0.405 e. The van der Waals surface area contributed by atoms with E-state index >= 15 is 0 Å². The molecule has 1 aliphatic carbocycles. The highest BCUT2D eigenvalue weighted by Crippen LogP contribution is 2.36. The molecule has 115 heavy (non-hydrogen) atoms. The number of carbonyl (C=O) groups excluding carboxylic acids is 4. The first-order valence-corrected chi connectivity index (χ1v) is 36.1. The number of carbonyl (C=O) groups is 4. The molecule has 12 N–H and O–H groups in total. The number of hydrogen-bond donors (Lipinski definition) is 12. The molecule has 45 heteroatoms. The van der Waals surface area contributed by atoms with Crippen molar-refractivity contribution in [3.05, 3.63) is 131 Å². The third kappa shape index (κ3) is 22.7. The molecule has 0 radical (unpaired) electrons. The summed E-state index contributed by atoms with van der Waals surface area (Å²) in [6.07, 6.45) is 4.64. The summed E-state index contributed by atoms with van der Waals surface area (Å²) in [5, 5.41) is 24.2. The van der Waals surface area contributed by atoms with Crippen LogP contribution in [-0.4, -0.2) is 187 Å². The molecule has 2 atom stereocenters. The Morgan fingerprint density at radius 1 is 0.504 bits per heavy atom. The summed E-state index contributed by atoms with van der Waals surface area (Å²) in [7, 11) is 0. The van der Waals surface area contributed by atoms with Crippen LogP contribution < -0.4 is 42.5 Å². The van der Waals surface area contributed by atoms with E-state index in [0.29, 0.717) is 142 Å². The minimum absolute atomic E-state index is 0. The van der Waals surface area contributed by atoms with Crippen molar-refractivity contribution in [2.75, 3.05) is 47.4 Å². The van der Waals surface area contributed by atoms with Gasteiger partial charge in [0, 0.05) is 120 Å². The molecule has 0 bridgehead atoms. The number of hydrogen-bond acceptors (Lipinski definition) is 22. The Hall–Kier alpha value is -11.6. The number of aromatic nitrogens is 18. The quantitative estimate of drug-likeness (QED) is 0.0265. The van der Waals surface area contributed by atoms with Gasteiger partial charge in [0.2, 0.25) is 35.5 Å². The van der Waals surface area contributed by atoms with Crippen LogP contribution >= 0.6 is 46.4 Å². The van der Waals surface area contributed by atoms with Crippen molar-refractivity contribution in [2.24, 2.45) is 5.92 Å². The van der Waals surface area contributed by atoms with Crippen molar-refractivity contribution in [3.8, 4) is 45.6 Å². The summed E-state index contributed by atoms with van der Waals surface area (Å²) in [6.45, 7) is 4.88. The Bertz CT molecular complexity index is 5330. The van der Waals surface area contributed by atoms with Gasteiger partial charge in [0.1, 0.15) is 89.2 Å². The third-order valence-corrected chi connectivity index (χ3v) is 18.3. The fourth-order valence-electron chi connectivity index (χ4n) is 11.4. The van der Waals surface area contributed by atoms with Gasteiger partial charge >= 0.3 is 18.5 Å². The van der Waals surface area contributed by atoms with Crippen LogP contribution in [-0.2, 0) is 19.2 Å². The molecule has 13 rings (SSSR count). The lowest BCUT2D eigenvalue weighted by Crippen LogP contribution is -2.55. The Morgan fingerprint density at radius 2 is 0.896 bits per heavy atom. The van der Waals surface area contributed by atoms with E-state index in [9.17, 15) is 67.5 Å². The number of nitrogens with zero attached hydrogens (tertiary/aromatic N) is 14. The molecule has 0 spiro atoms. The van der Waals surface area contributed by atoms with Gasteiger partial charge in [0.15, 0.2) is 23.3 Å². The maximum absolute atomic E-state index is 12.6. The average molecular weight is 1710 g/mol. The van der Waals surface area contributed by atoms with Crippen molar-refractivity contribution in [1.29, 1.82) is 0 Å². The average Bonchev–Trinajstić information content (AvgIpc) is 1.69. The van der Waals surface area contributed by atoms with Gasteiger partial charge in [-0.05, 0) is 82.3 Å². The second-order valence-corrected chi connectivity index (χ2v) is 28.3. The smallest absolute Gasteiger partial charge is 0.356 e. The van der Waals surface area contributed by atoms with Crippen LogP contribution in [0.5, 0.6) is 0 Å². The number of amides is 4. The summed E-state index contributed by atoms with van der Waals surface area (Å²) in [4.78, 5) is 120. The van der Waals surface area contributed by atoms with E-state index in [0.717, 1.165) is 5.39 Å². The normalized spacial score (nSPS) is 13.7.